The third-order valence-electron chi connectivity index (χ3n) is 6.16. The number of nitrogens with zero attached hydrogens (tertiary/aromatic N) is 2. The molecule has 0 aliphatic heterocycles. The average molecular weight is 635 g/mol. The van der Waals surface area contributed by atoms with E-state index in [9.17, 15) is 18.0 Å². The molecule has 0 unspecified atom stereocenters. The van der Waals surface area contributed by atoms with Crippen LogP contribution in [0, 0.1) is 6.92 Å². The number of halogens is 2. The fourth-order valence-electron chi connectivity index (χ4n) is 4.18. The van der Waals surface area contributed by atoms with Crippen LogP contribution in [-0.4, -0.2) is 50.0 Å². The average Bonchev–Trinajstić information content (AvgIpc) is 2.87. The molecule has 3 aromatic rings. The molecule has 0 aromatic heterocycles. The standard InChI is InChI=1S/C29H33BrClN3O4S/c1-20(2)32-29(36)27(17-22-9-6-5-7-10-22)33(18-23-13-15-24(30)16-14-23)28(35)19-34(39(4,37)38)26-12-8-11-25(31)21(26)3/h5-16,20,27H,17-19H2,1-4H3,(H,32,36)/t27-/m1/s1. The molecule has 3 aromatic carbocycles. The van der Waals surface area contributed by atoms with E-state index in [2.05, 4.69) is 21.2 Å². The third kappa shape index (κ3) is 8.55. The molecule has 0 spiro atoms. The van der Waals surface area contributed by atoms with Crippen LogP contribution in [0.3, 0.4) is 0 Å². The van der Waals surface area contributed by atoms with Crippen molar-refractivity contribution in [2.75, 3.05) is 17.1 Å². The van der Waals surface area contributed by atoms with Crippen LogP contribution in [-0.2, 0) is 32.6 Å². The molecule has 0 bridgehead atoms. The Hall–Kier alpha value is -2.88. The van der Waals surface area contributed by atoms with Crippen LogP contribution in [0.25, 0.3) is 0 Å². The highest BCUT2D eigenvalue weighted by Crippen LogP contribution is 2.28. The first-order valence-electron chi connectivity index (χ1n) is 12.5. The normalized spacial score (nSPS) is 12.2. The molecule has 0 aliphatic rings. The summed E-state index contributed by atoms with van der Waals surface area (Å²) < 4.78 is 27.8. The van der Waals surface area contributed by atoms with Gasteiger partial charge in [-0.2, -0.15) is 0 Å². The molecule has 7 nitrogen and oxygen atoms in total. The van der Waals surface area contributed by atoms with Gasteiger partial charge in [0.15, 0.2) is 0 Å². The second-order valence-electron chi connectivity index (χ2n) is 9.67. The van der Waals surface area contributed by atoms with Crippen LogP contribution >= 0.6 is 27.5 Å². The van der Waals surface area contributed by atoms with Gasteiger partial charge in [-0.25, -0.2) is 8.42 Å². The van der Waals surface area contributed by atoms with Gasteiger partial charge in [-0.3, -0.25) is 13.9 Å². The molecule has 3 rings (SSSR count). The van der Waals surface area contributed by atoms with Gasteiger partial charge in [0.05, 0.1) is 11.9 Å². The van der Waals surface area contributed by atoms with Gasteiger partial charge in [-0.05, 0) is 61.7 Å². The molecule has 1 atom stereocenters. The van der Waals surface area contributed by atoms with Gasteiger partial charge in [0.2, 0.25) is 21.8 Å². The molecule has 39 heavy (non-hydrogen) atoms. The summed E-state index contributed by atoms with van der Waals surface area (Å²) in [7, 11) is -3.87. The molecule has 0 fully saturated rings. The zero-order valence-electron chi connectivity index (χ0n) is 22.4. The lowest BCUT2D eigenvalue weighted by molar-refractivity contribution is -0.140. The van der Waals surface area contributed by atoms with Crippen molar-refractivity contribution in [2.24, 2.45) is 0 Å². The molecule has 0 radical (unpaired) electrons. The minimum absolute atomic E-state index is 0.112. The first-order valence-corrected chi connectivity index (χ1v) is 15.5. The van der Waals surface area contributed by atoms with Gasteiger partial charge in [0.1, 0.15) is 12.6 Å². The monoisotopic (exact) mass is 633 g/mol. The first kappa shape index (κ1) is 30.7. The van der Waals surface area contributed by atoms with Crippen LogP contribution in [0.4, 0.5) is 5.69 Å². The van der Waals surface area contributed by atoms with E-state index >= 15 is 0 Å². The third-order valence-corrected chi connectivity index (χ3v) is 8.22. The Bertz CT molecular complexity index is 1400. The van der Waals surface area contributed by atoms with E-state index in [1.165, 1.54) is 4.90 Å². The van der Waals surface area contributed by atoms with E-state index in [-0.39, 0.29) is 24.9 Å². The second-order valence-corrected chi connectivity index (χ2v) is 12.9. The molecule has 208 valence electrons. The minimum atomic E-state index is -3.87. The Morgan fingerprint density at radius 1 is 0.949 bits per heavy atom. The van der Waals surface area contributed by atoms with Crippen LogP contribution < -0.4 is 9.62 Å². The smallest absolute Gasteiger partial charge is 0.244 e. The summed E-state index contributed by atoms with van der Waals surface area (Å²) in [5.41, 5.74) is 2.52. The summed E-state index contributed by atoms with van der Waals surface area (Å²) in [4.78, 5) is 29.1. The van der Waals surface area contributed by atoms with Gasteiger partial charge >= 0.3 is 0 Å². The summed E-state index contributed by atoms with van der Waals surface area (Å²) in [6.45, 7) is 5.03. The van der Waals surface area contributed by atoms with Gasteiger partial charge in [-0.1, -0.05) is 76.1 Å². The fraction of sp³-hybridized carbons (Fsp3) is 0.310. The molecule has 10 heteroatoms. The predicted octanol–water partition coefficient (Wildman–Crippen LogP) is 5.34. The van der Waals surface area contributed by atoms with Gasteiger partial charge in [0, 0.05) is 28.5 Å². The van der Waals surface area contributed by atoms with E-state index in [0.717, 1.165) is 26.2 Å². The molecule has 0 saturated carbocycles. The van der Waals surface area contributed by atoms with Crippen molar-refractivity contribution in [3.63, 3.8) is 0 Å². The van der Waals surface area contributed by atoms with E-state index in [0.29, 0.717) is 16.3 Å². The van der Waals surface area contributed by atoms with Gasteiger partial charge in [0.25, 0.3) is 0 Å². The zero-order chi connectivity index (χ0) is 28.7. The predicted molar refractivity (Wildman–Crippen MR) is 160 cm³/mol. The molecule has 0 heterocycles. The maximum absolute atomic E-state index is 14.1. The number of amides is 2. The van der Waals surface area contributed by atoms with Crippen molar-refractivity contribution in [3.05, 3.63) is 99.0 Å². The van der Waals surface area contributed by atoms with Crippen molar-refractivity contribution >= 4 is 55.1 Å². The van der Waals surface area contributed by atoms with Crippen molar-refractivity contribution in [1.29, 1.82) is 0 Å². The minimum Gasteiger partial charge on any atom is -0.352 e. The number of carbonyl (C=O) groups excluding carboxylic acids is 2. The number of hydrogen-bond acceptors (Lipinski definition) is 4. The lowest BCUT2D eigenvalue weighted by Crippen LogP contribution is -2.54. The molecule has 0 aliphatic carbocycles. The largest absolute Gasteiger partial charge is 0.352 e. The van der Waals surface area contributed by atoms with E-state index in [1.807, 2.05) is 68.4 Å². The summed E-state index contributed by atoms with van der Waals surface area (Å²) in [5, 5.41) is 3.32. The van der Waals surface area contributed by atoms with Crippen molar-refractivity contribution in [1.82, 2.24) is 10.2 Å². The summed E-state index contributed by atoms with van der Waals surface area (Å²) in [6, 6.07) is 20.8. The number of hydrogen-bond donors (Lipinski definition) is 1. The quantitative estimate of drug-likeness (QED) is 0.309. The lowest BCUT2D eigenvalue weighted by atomic mass is 10.0. The molecular weight excluding hydrogens is 602 g/mol. The number of anilines is 1. The van der Waals surface area contributed by atoms with Crippen LogP contribution in [0.5, 0.6) is 0 Å². The first-order chi connectivity index (χ1) is 18.4. The number of nitrogens with one attached hydrogen (secondary N) is 1. The fourth-order valence-corrected chi connectivity index (χ4v) is 5.52. The lowest BCUT2D eigenvalue weighted by Gasteiger charge is -2.34. The molecule has 1 N–H and O–H groups in total. The van der Waals surface area contributed by atoms with Crippen LogP contribution in [0.15, 0.2) is 77.3 Å². The molecule has 0 saturated heterocycles. The summed E-state index contributed by atoms with van der Waals surface area (Å²) in [6.07, 6.45) is 1.31. The van der Waals surface area contributed by atoms with E-state index < -0.39 is 28.5 Å². The SMILES string of the molecule is Cc1c(Cl)cccc1N(CC(=O)N(Cc1ccc(Br)cc1)[C@H](Cc1ccccc1)C(=O)NC(C)C)S(C)(=O)=O. The number of carbonyl (C=O) groups is 2. The Kier molecular flexibility index (Phi) is 10.6. The van der Waals surface area contributed by atoms with Crippen LogP contribution in [0.2, 0.25) is 5.02 Å². The van der Waals surface area contributed by atoms with Crippen molar-refractivity contribution in [2.45, 2.75) is 45.8 Å². The van der Waals surface area contributed by atoms with Crippen molar-refractivity contribution in [3.8, 4) is 0 Å². The Labute approximate surface area is 244 Å². The molecule has 2 amide bonds. The van der Waals surface area contributed by atoms with Crippen LogP contribution in [0.1, 0.15) is 30.5 Å². The Balaban J connectivity index is 2.07. The highest BCUT2D eigenvalue weighted by Gasteiger charge is 2.33. The summed E-state index contributed by atoms with van der Waals surface area (Å²) in [5.74, 6) is -0.827. The Morgan fingerprint density at radius 3 is 2.18 bits per heavy atom. The van der Waals surface area contributed by atoms with E-state index in [4.69, 9.17) is 11.6 Å². The second kappa shape index (κ2) is 13.5. The number of rotatable bonds is 11. The van der Waals surface area contributed by atoms with E-state index in [1.54, 1.807) is 25.1 Å². The van der Waals surface area contributed by atoms with Gasteiger partial charge < -0.3 is 10.2 Å². The van der Waals surface area contributed by atoms with Gasteiger partial charge in [-0.15, -0.1) is 0 Å². The number of sulfonamides is 1. The highest BCUT2D eigenvalue weighted by atomic mass is 79.9. The highest BCUT2D eigenvalue weighted by molar-refractivity contribution is 9.10. The molecular formula is C29H33BrClN3O4S. The Morgan fingerprint density at radius 2 is 1.59 bits per heavy atom. The van der Waals surface area contributed by atoms with Crippen molar-refractivity contribution < 1.29 is 18.0 Å². The number of benzene rings is 3. The zero-order valence-corrected chi connectivity index (χ0v) is 25.6. The maximum Gasteiger partial charge on any atom is 0.244 e. The summed E-state index contributed by atoms with van der Waals surface area (Å²) >= 11 is 9.71. The topological polar surface area (TPSA) is 86.8 Å². The maximum atomic E-state index is 14.1.